The summed E-state index contributed by atoms with van der Waals surface area (Å²) in [4.78, 5) is 4.22. The molecule has 0 spiro atoms. The van der Waals surface area contributed by atoms with E-state index < -0.39 is 5.60 Å². The van der Waals surface area contributed by atoms with Crippen molar-refractivity contribution in [2.75, 3.05) is 6.54 Å². The van der Waals surface area contributed by atoms with E-state index in [-0.39, 0.29) is 5.54 Å². The van der Waals surface area contributed by atoms with E-state index in [9.17, 15) is 5.11 Å². The Bertz CT molecular complexity index is 349. The highest BCUT2D eigenvalue weighted by atomic mass is 16.3. The standard InChI is InChI=1S/C14H24N2O/c1-11-6-7-12(10-15-11)14(5,17)8-9-16-13(2,3)4/h6-7,10,16-17H,8-9H2,1-5H3. The van der Waals surface area contributed by atoms with Crippen molar-refractivity contribution in [2.24, 2.45) is 0 Å². The Kier molecular flexibility index (Phi) is 4.28. The quantitative estimate of drug-likeness (QED) is 0.843. The molecule has 17 heavy (non-hydrogen) atoms. The van der Waals surface area contributed by atoms with Gasteiger partial charge in [-0.25, -0.2) is 0 Å². The maximum Gasteiger partial charge on any atom is 0.0895 e. The number of pyridine rings is 1. The minimum absolute atomic E-state index is 0.0849. The average molecular weight is 236 g/mol. The third-order valence-electron chi connectivity index (χ3n) is 2.80. The summed E-state index contributed by atoms with van der Waals surface area (Å²) in [6.07, 6.45) is 2.43. The molecule has 96 valence electrons. The summed E-state index contributed by atoms with van der Waals surface area (Å²) in [5.41, 5.74) is 1.11. The largest absolute Gasteiger partial charge is 0.385 e. The van der Waals surface area contributed by atoms with Crippen LogP contribution in [0.15, 0.2) is 18.3 Å². The third-order valence-corrected chi connectivity index (χ3v) is 2.80. The Hall–Kier alpha value is -0.930. The number of aromatic nitrogens is 1. The van der Waals surface area contributed by atoms with Gasteiger partial charge in [0, 0.05) is 23.0 Å². The molecule has 0 amide bonds. The third kappa shape index (κ3) is 4.84. The van der Waals surface area contributed by atoms with Gasteiger partial charge in [-0.15, -0.1) is 0 Å². The van der Waals surface area contributed by atoms with Crippen LogP contribution in [0, 0.1) is 6.92 Å². The Morgan fingerprint density at radius 3 is 2.35 bits per heavy atom. The van der Waals surface area contributed by atoms with Crippen LogP contribution in [0.25, 0.3) is 0 Å². The highest BCUT2D eigenvalue weighted by Gasteiger charge is 2.23. The van der Waals surface area contributed by atoms with Crippen LogP contribution >= 0.6 is 0 Å². The Morgan fingerprint density at radius 1 is 1.24 bits per heavy atom. The Balaban J connectivity index is 2.59. The van der Waals surface area contributed by atoms with E-state index in [0.29, 0.717) is 6.42 Å². The number of aryl methyl sites for hydroxylation is 1. The topological polar surface area (TPSA) is 45.1 Å². The smallest absolute Gasteiger partial charge is 0.0895 e. The predicted octanol–water partition coefficient (Wildman–Crippen LogP) is 2.38. The van der Waals surface area contributed by atoms with Gasteiger partial charge in [-0.05, 0) is 53.7 Å². The first-order valence-corrected chi connectivity index (χ1v) is 6.11. The molecule has 2 N–H and O–H groups in total. The molecular formula is C14H24N2O. The molecule has 1 unspecified atom stereocenters. The number of hydrogen-bond donors (Lipinski definition) is 2. The molecule has 1 atom stereocenters. The van der Waals surface area contributed by atoms with E-state index in [4.69, 9.17) is 0 Å². The van der Waals surface area contributed by atoms with Crippen LogP contribution in [-0.4, -0.2) is 22.2 Å². The first-order valence-electron chi connectivity index (χ1n) is 6.11. The van der Waals surface area contributed by atoms with E-state index in [1.807, 2.05) is 26.0 Å². The van der Waals surface area contributed by atoms with Crippen LogP contribution in [0.3, 0.4) is 0 Å². The molecule has 0 saturated carbocycles. The van der Waals surface area contributed by atoms with Gasteiger partial charge in [-0.1, -0.05) is 6.07 Å². The molecule has 0 bridgehead atoms. The Morgan fingerprint density at radius 2 is 1.88 bits per heavy atom. The Labute approximate surface area is 104 Å². The van der Waals surface area contributed by atoms with Gasteiger partial charge in [-0.2, -0.15) is 0 Å². The first-order chi connectivity index (χ1) is 7.71. The minimum atomic E-state index is -0.820. The van der Waals surface area contributed by atoms with Crippen LogP contribution in [0.5, 0.6) is 0 Å². The van der Waals surface area contributed by atoms with Gasteiger partial charge in [0.25, 0.3) is 0 Å². The lowest BCUT2D eigenvalue weighted by Gasteiger charge is -2.27. The van der Waals surface area contributed by atoms with Crippen molar-refractivity contribution in [3.05, 3.63) is 29.6 Å². The fourth-order valence-electron chi connectivity index (χ4n) is 1.61. The van der Waals surface area contributed by atoms with Gasteiger partial charge in [0.15, 0.2) is 0 Å². The van der Waals surface area contributed by atoms with Gasteiger partial charge in [0.05, 0.1) is 5.60 Å². The second kappa shape index (κ2) is 5.15. The summed E-state index contributed by atoms with van der Waals surface area (Å²) in [7, 11) is 0. The number of nitrogens with one attached hydrogen (secondary N) is 1. The minimum Gasteiger partial charge on any atom is -0.385 e. The molecule has 1 heterocycles. The van der Waals surface area contributed by atoms with E-state index in [1.165, 1.54) is 0 Å². The molecule has 0 aliphatic heterocycles. The summed E-state index contributed by atoms with van der Waals surface area (Å²) in [5.74, 6) is 0. The van der Waals surface area contributed by atoms with Crippen LogP contribution in [-0.2, 0) is 5.60 Å². The molecule has 1 aromatic rings. The van der Waals surface area contributed by atoms with Gasteiger partial charge in [0.1, 0.15) is 0 Å². The van der Waals surface area contributed by atoms with Gasteiger partial charge in [0.2, 0.25) is 0 Å². The number of aliphatic hydroxyl groups is 1. The molecule has 3 nitrogen and oxygen atoms in total. The zero-order valence-corrected chi connectivity index (χ0v) is 11.5. The van der Waals surface area contributed by atoms with Crippen LogP contribution in [0.2, 0.25) is 0 Å². The molecule has 1 aromatic heterocycles. The summed E-state index contributed by atoms with van der Waals surface area (Å²) >= 11 is 0. The number of hydrogen-bond acceptors (Lipinski definition) is 3. The molecule has 1 rings (SSSR count). The van der Waals surface area contributed by atoms with Crippen molar-refractivity contribution < 1.29 is 5.11 Å². The van der Waals surface area contributed by atoms with Crippen LogP contribution in [0.4, 0.5) is 0 Å². The summed E-state index contributed by atoms with van der Waals surface area (Å²) in [6.45, 7) is 10.9. The second-order valence-corrected chi connectivity index (χ2v) is 5.89. The average Bonchev–Trinajstić information content (AvgIpc) is 2.15. The molecule has 0 fully saturated rings. The lowest BCUT2D eigenvalue weighted by atomic mass is 9.93. The molecule has 0 saturated heterocycles. The lowest BCUT2D eigenvalue weighted by molar-refractivity contribution is 0.0460. The van der Waals surface area contributed by atoms with Crippen LogP contribution in [0.1, 0.15) is 45.4 Å². The van der Waals surface area contributed by atoms with Crippen molar-refractivity contribution in [2.45, 2.75) is 52.2 Å². The zero-order valence-electron chi connectivity index (χ0n) is 11.5. The highest BCUT2D eigenvalue weighted by Crippen LogP contribution is 2.23. The lowest BCUT2D eigenvalue weighted by Crippen LogP contribution is -2.39. The van der Waals surface area contributed by atoms with Gasteiger partial charge in [-0.3, -0.25) is 4.98 Å². The predicted molar refractivity (Wildman–Crippen MR) is 70.9 cm³/mol. The molecule has 0 aromatic carbocycles. The monoisotopic (exact) mass is 236 g/mol. The summed E-state index contributed by atoms with van der Waals surface area (Å²) in [6, 6.07) is 3.88. The van der Waals surface area contributed by atoms with Crippen molar-refractivity contribution in [3.8, 4) is 0 Å². The second-order valence-electron chi connectivity index (χ2n) is 5.89. The SMILES string of the molecule is Cc1ccc(C(C)(O)CCNC(C)(C)C)cn1. The van der Waals surface area contributed by atoms with Crippen molar-refractivity contribution in [1.29, 1.82) is 0 Å². The molecule has 0 radical (unpaired) electrons. The van der Waals surface area contributed by atoms with Crippen molar-refractivity contribution in [1.82, 2.24) is 10.3 Å². The fourth-order valence-corrected chi connectivity index (χ4v) is 1.61. The van der Waals surface area contributed by atoms with E-state index >= 15 is 0 Å². The molecule has 0 aliphatic rings. The number of rotatable bonds is 4. The fraction of sp³-hybridized carbons (Fsp3) is 0.643. The van der Waals surface area contributed by atoms with Crippen LogP contribution < -0.4 is 5.32 Å². The van der Waals surface area contributed by atoms with E-state index in [1.54, 1.807) is 6.20 Å². The highest BCUT2D eigenvalue weighted by molar-refractivity contribution is 5.19. The summed E-state index contributed by atoms with van der Waals surface area (Å²) in [5, 5.41) is 13.8. The number of nitrogens with zero attached hydrogens (tertiary/aromatic N) is 1. The van der Waals surface area contributed by atoms with Crippen molar-refractivity contribution >= 4 is 0 Å². The van der Waals surface area contributed by atoms with E-state index in [0.717, 1.165) is 17.8 Å². The molecule has 3 heteroatoms. The normalized spacial score (nSPS) is 15.6. The molecular weight excluding hydrogens is 212 g/mol. The first kappa shape index (κ1) is 14.1. The van der Waals surface area contributed by atoms with Gasteiger partial charge < -0.3 is 10.4 Å². The zero-order chi connectivity index (χ0) is 13.1. The van der Waals surface area contributed by atoms with Crippen molar-refractivity contribution in [3.63, 3.8) is 0 Å². The van der Waals surface area contributed by atoms with Gasteiger partial charge >= 0.3 is 0 Å². The summed E-state index contributed by atoms with van der Waals surface area (Å²) < 4.78 is 0. The maximum absolute atomic E-state index is 10.4. The van der Waals surface area contributed by atoms with E-state index in [2.05, 4.69) is 31.1 Å². The maximum atomic E-state index is 10.4. The molecule has 0 aliphatic carbocycles.